The van der Waals surface area contributed by atoms with Crippen molar-refractivity contribution < 1.29 is 13.2 Å². The highest BCUT2D eigenvalue weighted by Gasteiger charge is 2.30. The molecule has 6 heteroatoms. The molecular weight excluding hydrogens is 261 g/mol. The van der Waals surface area contributed by atoms with Gasteiger partial charge in [0.15, 0.2) is 0 Å². The van der Waals surface area contributed by atoms with Crippen LogP contribution in [0.4, 0.5) is 18.9 Å². The van der Waals surface area contributed by atoms with E-state index in [0.717, 1.165) is 12.1 Å². The first-order chi connectivity index (χ1) is 8.50. The standard InChI is InChI=1S/C12H9F3N2S/c13-12(14,15)9-2-1-3-10(4-9)17-11-7-18-6-8(11)5-16/h1-4,6,11,17H,7H2. The van der Waals surface area contributed by atoms with Gasteiger partial charge in [-0.1, -0.05) is 6.07 Å². The summed E-state index contributed by atoms with van der Waals surface area (Å²) in [6.45, 7) is 0. The van der Waals surface area contributed by atoms with Gasteiger partial charge in [-0.3, -0.25) is 0 Å². The zero-order valence-electron chi connectivity index (χ0n) is 9.16. The minimum atomic E-state index is -4.35. The first-order valence-electron chi connectivity index (χ1n) is 5.16. The minimum Gasteiger partial charge on any atom is -0.377 e. The number of benzene rings is 1. The van der Waals surface area contributed by atoms with Gasteiger partial charge in [0.2, 0.25) is 0 Å². The molecular formula is C12H9F3N2S. The van der Waals surface area contributed by atoms with E-state index in [0.29, 0.717) is 17.0 Å². The largest absolute Gasteiger partial charge is 0.416 e. The van der Waals surface area contributed by atoms with Gasteiger partial charge in [0, 0.05) is 11.4 Å². The lowest BCUT2D eigenvalue weighted by Gasteiger charge is -2.15. The summed E-state index contributed by atoms with van der Waals surface area (Å²) >= 11 is 1.47. The molecule has 0 aliphatic carbocycles. The fourth-order valence-corrected chi connectivity index (χ4v) is 2.56. The topological polar surface area (TPSA) is 35.8 Å². The van der Waals surface area contributed by atoms with Gasteiger partial charge in [0.25, 0.3) is 0 Å². The van der Waals surface area contributed by atoms with Crippen molar-refractivity contribution in [3.05, 3.63) is 40.8 Å². The lowest BCUT2D eigenvalue weighted by Crippen LogP contribution is -2.21. The molecule has 1 aliphatic rings. The fourth-order valence-electron chi connectivity index (χ4n) is 1.62. The van der Waals surface area contributed by atoms with Crippen molar-refractivity contribution in [1.82, 2.24) is 0 Å². The molecule has 0 fully saturated rings. The lowest BCUT2D eigenvalue weighted by molar-refractivity contribution is -0.137. The van der Waals surface area contributed by atoms with Crippen molar-refractivity contribution in [3.63, 3.8) is 0 Å². The van der Waals surface area contributed by atoms with E-state index in [9.17, 15) is 13.2 Å². The number of halogens is 3. The zero-order chi connectivity index (χ0) is 13.2. The molecule has 0 spiro atoms. The number of rotatable bonds is 2. The van der Waals surface area contributed by atoms with Crippen LogP contribution in [-0.2, 0) is 6.18 Å². The van der Waals surface area contributed by atoms with Crippen molar-refractivity contribution >= 4 is 17.4 Å². The van der Waals surface area contributed by atoms with Gasteiger partial charge < -0.3 is 5.32 Å². The predicted molar refractivity (Wildman–Crippen MR) is 65.0 cm³/mol. The highest BCUT2D eigenvalue weighted by molar-refractivity contribution is 8.02. The van der Waals surface area contributed by atoms with Crippen molar-refractivity contribution in [2.75, 3.05) is 11.1 Å². The third-order valence-electron chi connectivity index (χ3n) is 2.51. The number of alkyl halides is 3. The first-order valence-corrected chi connectivity index (χ1v) is 6.21. The van der Waals surface area contributed by atoms with Crippen LogP contribution in [0.2, 0.25) is 0 Å². The number of nitriles is 1. The van der Waals surface area contributed by atoms with Crippen LogP contribution in [0.15, 0.2) is 35.2 Å². The second-order valence-corrected chi connectivity index (χ2v) is 4.70. The molecule has 1 atom stereocenters. The molecule has 1 heterocycles. The van der Waals surface area contributed by atoms with E-state index in [1.54, 1.807) is 11.5 Å². The highest BCUT2D eigenvalue weighted by atomic mass is 32.2. The first kappa shape index (κ1) is 12.8. The molecule has 1 N–H and O–H groups in total. The maximum Gasteiger partial charge on any atom is 0.416 e. The van der Waals surface area contributed by atoms with E-state index < -0.39 is 11.7 Å². The molecule has 94 valence electrons. The molecule has 0 amide bonds. The Hall–Kier alpha value is -1.61. The molecule has 2 nitrogen and oxygen atoms in total. The van der Waals surface area contributed by atoms with Gasteiger partial charge in [-0.25, -0.2) is 0 Å². The van der Waals surface area contributed by atoms with Crippen molar-refractivity contribution in [2.45, 2.75) is 12.2 Å². The van der Waals surface area contributed by atoms with E-state index in [-0.39, 0.29) is 6.04 Å². The van der Waals surface area contributed by atoms with Gasteiger partial charge in [0.05, 0.1) is 23.2 Å². The van der Waals surface area contributed by atoms with Crippen LogP contribution in [0.25, 0.3) is 0 Å². The predicted octanol–water partition coefficient (Wildman–Crippen LogP) is 3.64. The highest BCUT2D eigenvalue weighted by Crippen LogP contribution is 2.32. The quantitative estimate of drug-likeness (QED) is 0.891. The van der Waals surface area contributed by atoms with Crippen molar-refractivity contribution in [2.24, 2.45) is 0 Å². The maximum absolute atomic E-state index is 12.5. The SMILES string of the molecule is N#CC1=CSCC1Nc1cccc(C(F)(F)F)c1. The Balaban J connectivity index is 2.16. The molecule has 1 unspecified atom stereocenters. The Labute approximate surface area is 106 Å². The van der Waals surface area contributed by atoms with E-state index in [1.165, 1.54) is 17.8 Å². The summed E-state index contributed by atoms with van der Waals surface area (Å²) in [4.78, 5) is 0. The molecule has 0 saturated heterocycles. The average Bonchev–Trinajstić information content (AvgIpc) is 2.75. The fraction of sp³-hybridized carbons (Fsp3) is 0.250. The zero-order valence-corrected chi connectivity index (χ0v) is 9.98. The summed E-state index contributed by atoms with van der Waals surface area (Å²) in [6, 6.07) is 6.81. The molecule has 0 radical (unpaired) electrons. The Bertz CT molecular complexity index is 517. The monoisotopic (exact) mass is 270 g/mol. The van der Waals surface area contributed by atoms with Gasteiger partial charge in [-0.05, 0) is 23.6 Å². The molecule has 1 aromatic carbocycles. The number of hydrogen-bond acceptors (Lipinski definition) is 3. The third kappa shape index (κ3) is 2.79. The molecule has 0 saturated carbocycles. The Kier molecular flexibility index (Phi) is 3.53. The van der Waals surface area contributed by atoms with Crippen molar-refractivity contribution in [1.29, 1.82) is 5.26 Å². The summed E-state index contributed by atoms with van der Waals surface area (Å²) in [6.07, 6.45) is -4.35. The van der Waals surface area contributed by atoms with Gasteiger partial charge in [-0.2, -0.15) is 18.4 Å². The Morgan fingerprint density at radius 2 is 2.17 bits per heavy atom. The summed E-state index contributed by atoms with van der Waals surface area (Å²) in [5.74, 6) is 0.652. The second kappa shape index (κ2) is 4.94. The van der Waals surface area contributed by atoms with Crippen LogP contribution in [-0.4, -0.2) is 11.8 Å². The van der Waals surface area contributed by atoms with Gasteiger partial charge in [0.1, 0.15) is 0 Å². The lowest BCUT2D eigenvalue weighted by atomic mass is 10.1. The van der Waals surface area contributed by atoms with Gasteiger partial charge in [-0.15, -0.1) is 11.8 Å². The smallest absolute Gasteiger partial charge is 0.377 e. The molecule has 18 heavy (non-hydrogen) atoms. The minimum absolute atomic E-state index is 0.219. The molecule has 2 rings (SSSR count). The average molecular weight is 270 g/mol. The molecule has 1 aromatic rings. The summed E-state index contributed by atoms with van der Waals surface area (Å²) < 4.78 is 37.6. The maximum atomic E-state index is 12.5. The van der Waals surface area contributed by atoms with E-state index >= 15 is 0 Å². The number of thioether (sulfide) groups is 1. The third-order valence-corrected chi connectivity index (χ3v) is 3.45. The number of nitrogens with zero attached hydrogens (tertiary/aromatic N) is 1. The van der Waals surface area contributed by atoms with E-state index in [4.69, 9.17) is 5.26 Å². The normalized spacial score (nSPS) is 19.2. The van der Waals surface area contributed by atoms with E-state index in [1.807, 2.05) is 6.07 Å². The second-order valence-electron chi connectivity index (χ2n) is 3.79. The van der Waals surface area contributed by atoms with Crippen LogP contribution in [0.1, 0.15) is 5.56 Å². The Morgan fingerprint density at radius 3 is 2.83 bits per heavy atom. The molecule has 1 aliphatic heterocycles. The number of anilines is 1. The van der Waals surface area contributed by atoms with Crippen LogP contribution in [0, 0.1) is 11.3 Å². The van der Waals surface area contributed by atoms with Crippen LogP contribution >= 0.6 is 11.8 Å². The van der Waals surface area contributed by atoms with Crippen molar-refractivity contribution in [3.8, 4) is 6.07 Å². The van der Waals surface area contributed by atoms with Crippen LogP contribution in [0.3, 0.4) is 0 Å². The molecule has 0 bridgehead atoms. The van der Waals surface area contributed by atoms with Gasteiger partial charge >= 0.3 is 6.18 Å². The van der Waals surface area contributed by atoms with Crippen LogP contribution in [0.5, 0.6) is 0 Å². The summed E-state index contributed by atoms with van der Waals surface area (Å²) in [5, 5.41) is 13.5. The summed E-state index contributed by atoms with van der Waals surface area (Å²) in [5.41, 5.74) is 0.233. The number of hydrogen-bond donors (Lipinski definition) is 1. The van der Waals surface area contributed by atoms with E-state index in [2.05, 4.69) is 5.32 Å². The summed E-state index contributed by atoms with van der Waals surface area (Å²) in [7, 11) is 0. The molecule has 0 aromatic heterocycles. The van der Waals surface area contributed by atoms with Crippen LogP contribution < -0.4 is 5.32 Å². The number of nitrogens with one attached hydrogen (secondary N) is 1. The Morgan fingerprint density at radius 1 is 1.39 bits per heavy atom.